The van der Waals surface area contributed by atoms with E-state index < -0.39 is 168 Å². The molecule has 27 nitrogen and oxygen atoms in total. The van der Waals surface area contributed by atoms with Gasteiger partial charge in [0.2, 0.25) is 76.8 Å². The van der Waals surface area contributed by atoms with Crippen molar-refractivity contribution in [2.45, 2.75) is 207 Å². The van der Waals surface area contributed by atoms with Crippen LogP contribution in [-0.4, -0.2) is 251 Å². The molecule has 566 valence electrons. The third-order valence-electron chi connectivity index (χ3n) is 19.4. The van der Waals surface area contributed by atoms with Crippen molar-refractivity contribution in [1.29, 1.82) is 0 Å². The van der Waals surface area contributed by atoms with Crippen LogP contribution in [0.5, 0.6) is 0 Å². The van der Waals surface area contributed by atoms with Gasteiger partial charge in [-0.15, -0.1) is 0 Å². The van der Waals surface area contributed by atoms with Crippen molar-refractivity contribution < 1.29 is 67.4 Å². The number of benzene rings is 3. The lowest BCUT2D eigenvalue weighted by Crippen LogP contribution is -2.62. The van der Waals surface area contributed by atoms with E-state index in [0.29, 0.717) is 29.8 Å². The molecule has 2 aliphatic rings. The number of carbonyl (C=O) groups excluding carboxylic acids is 13. The number of rotatable bonds is 18. The number of carbonyl (C=O) groups is 13. The monoisotopic (exact) mass is 1430 g/mol. The molecule has 103 heavy (non-hydrogen) atoms. The topological polar surface area (TPSA) is 337 Å². The molecule has 0 aliphatic carbocycles. The third kappa shape index (κ3) is 23.6. The van der Waals surface area contributed by atoms with Gasteiger partial charge in [-0.1, -0.05) is 146 Å². The van der Waals surface area contributed by atoms with E-state index in [1.165, 1.54) is 65.9 Å². The molecule has 27 heteroatoms. The first-order chi connectivity index (χ1) is 48.5. The molecule has 0 bridgehead atoms. The highest BCUT2D eigenvalue weighted by molar-refractivity contribution is 6.01. The summed E-state index contributed by atoms with van der Waals surface area (Å²) in [6, 6.07) is 10.6. The van der Waals surface area contributed by atoms with E-state index in [-0.39, 0.29) is 49.8 Å². The van der Waals surface area contributed by atoms with E-state index >= 15 is 24.0 Å². The largest absolute Gasteiger partial charge is 0.391 e. The standard InChI is InChI=1S/C76H113N13O14/c1-45(2)38-57-70(97)82-64(51(11)90)76(103)87(16)58(41-53-32-24-19-25-33-53)68(95)77-44-62(92)84(13)60(39-46(3)4)74(101)88(17)65(48(7)8)71(98)79-55(40-52-30-22-18-23-31-52)67(94)80-56(43-61(91)83(12)50(10)66(93)81-63(47(5)6)75(102)86(57)15)73(100)85(14)59(42-54-34-26-20-27-35-54)69(96)78-49(9)72(99)89-36-28-21-29-37-89/h18-20,22-27,30-35,45-51,55-60,63-65,90H,21,28-29,36-44H2,1-17H3,(H,77,95)(H,78,96)(H,79,98)(H,80,94)(H,81,93)(H,82,97)/t49-,50-,51+,55-,56-,57-,58-,59?,60-,63-,64-,65-/m0/s1. The van der Waals surface area contributed by atoms with Gasteiger partial charge in [-0.2, -0.15) is 0 Å². The molecule has 3 aromatic rings. The molecule has 12 atom stereocenters. The second kappa shape index (κ2) is 39.4. The predicted molar refractivity (Wildman–Crippen MR) is 389 cm³/mol. The maximum absolute atomic E-state index is 15.6. The van der Waals surface area contributed by atoms with Crippen molar-refractivity contribution in [1.82, 2.24) is 66.2 Å². The minimum absolute atomic E-state index is 0.0248. The zero-order chi connectivity index (χ0) is 76.9. The number of likely N-dealkylation sites (tertiary alicyclic amines) is 1. The molecular formula is C76H113N13O14. The summed E-state index contributed by atoms with van der Waals surface area (Å²) in [7, 11) is 8.06. The number of hydrogen-bond acceptors (Lipinski definition) is 14. The number of aliphatic hydroxyl groups is 1. The van der Waals surface area contributed by atoms with Gasteiger partial charge < -0.3 is 71.3 Å². The van der Waals surface area contributed by atoms with Gasteiger partial charge in [0, 0.05) is 74.6 Å². The Morgan fingerprint density at radius 3 is 1.55 bits per heavy atom. The fourth-order valence-electron chi connectivity index (χ4n) is 13.0. The summed E-state index contributed by atoms with van der Waals surface area (Å²) >= 11 is 0. The number of likely N-dealkylation sites (N-methyl/N-ethyl adjacent to an activating group) is 6. The summed E-state index contributed by atoms with van der Waals surface area (Å²) in [5.41, 5.74) is 1.77. The summed E-state index contributed by atoms with van der Waals surface area (Å²) in [6.07, 6.45) is -0.170. The van der Waals surface area contributed by atoms with Crippen LogP contribution < -0.4 is 31.9 Å². The molecular weight excluding hydrogens is 1320 g/mol. The van der Waals surface area contributed by atoms with E-state index in [9.17, 15) is 43.5 Å². The normalized spacial score (nSPS) is 23.9. The Hall–Kier alpha value is -9.27. The molecule has 0 spiro atoms. The molecule has 2 fully saturated rings. The van der Waals surface area contributed by atoms with Crippen molar-refractivity contribution in [3.05, 3.63) is 108 Å². The Morgan fingerprint density at radius 1 is 0.524 bits per heavy atom. The zero-order valence-corrected chi connectivity index (χ0v) is 63.3. The number of nitrogens with one attached hydrogen (secondary N) is 6. The van der Waals surface area contributed by atoms with E-state index in [1.54, 1.807) is 144 Å². The van der Waals surface area contributed by atoms with Gasteiger partial charge in [-0.05, 0) is 93.2 Å². The van der Waals surface area contributed by atoms with E-state index in [1.807, 2.05) is 13.8 Å². The molecule has 7 N–H and O–H groups in total. The second-order valence-corrected chi connectivity index (χ2v) is 29.2. The molecule has 0 aromatic heterocycles. The van der Waals surface area contributed by atoms with Gasteiger partial charge in [0.1, 0.15) is 66.5 Å². The number of nitrogens with zero attached hydrogens (tertiary/aromatic N) is 7. The van der Waals surface area contributed by atoms with Crippen LogP contribution in [-0.2, 0) is 81.6 Å². The molecule has 5 rings (SSSR count). The van der Waals surface area contributed by atoms with Crippen molar-refractivity contribution in [3.8, 4) is 0 Å². The SMILES string of the molecule is CC(C)C[C@H]1C(=O)N(C)[C@@H](C(C)C)C(=O)N[C@@H](Cc2ccccc2)C(=O)N[C@H](C(=O)N(C)C(Cc2ccccc2)C(=O)N[C@@H](C)C(=O)N2CCCCC2)CC(=O)N(C)[C@@H](C)C(=O)N[C@@H](C(C)C)C(=O)N(C)[C@@H](CC(C)C)C(=O)N[C@@H]([C@@H](C)O)C(=O)N(C)[C@@H](Cc2ccccc2)C(=O)NCC(=O)N1C. The Kier molecular flexibility index (Phi) is 32.3. The minimum atomic E-state index is -1.85. The van der Waals surface area contributed by atoms with Crippen molar-refractivity contribution in [2.75, 3.05) is 61.9 Å². The highest BCUT2D eigenvalue weighted by atomic mass is 16.3. The summed E-state index contributed by atoms with van der Waals surface area (Å²) < 4.78 is 0. The summed E-state index contributed by atoms with van der Waals surface area (Å²) in [4.78, 5) is 201. The van der Waals surface area contributed by atoms with E-state index in [2.05, 4.69) is 31.9 Å². The fourth-order valence-corrected chi connectivity index (χ4v) is 13.0. The molecule has 3 aromatic carbocycles. The molecule has 2 saturated heterocycles. The smallest absolute Gasteiger partial charge is 0.248 e. The molecule has 2 aliphatic heterocycles. The van der Waals surface area contributed by atoms with Crippen LogP contribution in [0.2, 0.25) is 0 Å². The van der Waals surface area contributed by atoms with E-state index in [0.717, 1.165) is 38.9 Å². The van der Waals surface area contributed by atoms with Crippen LogP contribution in [0.15, 0.2) is 91.0 Å². The fraction of sp³-hybridized carbons (Fsp3) is 0.592. The first kappa shape index (κ1) is 84.4. The van der Waals surface area contributed by atoms with Gasteiger partial charge >= 0.3 is 0 Å². The Bertz CT molecular complexity index is 3410. The first-order valence-electron chi connectivity index (χ1n) is 35.9. The third-order valence-corrected chi connectivity index (χ3v) is 19.4. The average molecular weight is 1430 g/mol. The molecule has 0 saturated carbocycles. The zero-order valence-electron chi connectivity index (χ0n) is 63.3. The van der Waals surface area contributed by atoms with Gasteiger partial charge in [-0.25, -0.2) is 0 Å². The van der Waals surface area contributed by atoms with Crippen LogP contribution in [0.4, 0.5) is 0 Å². The summed E-state index contributed by atoms with van der Waals surface area (Å²) in [5.74, 6) is -12.0. The number of hydrogen-bond donors (Lipinski definition) is 7. The highest BCUT2D eigenvalue weighted by Crippen LogP contribution is 2.23. The summed E-state index contributed by atoms with van der Waals surface area (Å²) in [5, 5.41) is 27.8. The lowest BCUT2D eigenvalue weighted by Gasteiger charge is -2.37. The molecule has 0 radical (unpaired) electrons. The highest BCUT2D eigenvalue weighted by Gasteiger charge is 2.44. The van der Waals surface area contributed by atoms with E-state index in [4.69, 9.17) is 0 Å². The number of piperidine rings is 1. The van der Waals surface area contributed by atoms with Crippen LogP contribution >= 0.6 is 0 Å². The number of amides is 13. The molecule has 2 heterocycles. The second-order valence-electron chi connectivity index (χ2n) is 29.2. The molecule has 1 unspecified atom stereocenters. The van der Waals surface area contributed by atoms with Crippen LogP contribution in [0, 0.1) is 23.7 Å². The Morgan fingerprint density at radius 2 is 1.03 bits per heavy atom. The first-order valence-corrected chi connectivity index (χ1v) is 35.9. The number of aliphatic hydroxyl groups excluding tert-OH is 1. The van der Waals surface area contributed by atoms with Crippen LogP contribution in [0.25, 0.3) is 0 Å². The van der Waals surface area contributed by atoms with Crippen LogP contribution in [0.1, 0.15) is 131 Å². The van der Waals surface area contributed by atoms with Gasteiger partial charge in [0.15, 0.2) is 0 Å². The van der Waals surface area contributed by atoms with Crippen molar-refractivity contribution >= 4 is 76.8 Å². The van der Waals surface area contributed by atoms with Gasteiger partial charge in [0.25, 0.3) is 0 Å². The Labute approximate surface area is 607 Å². The minimum Gasteiger partial charge on any atom is -0.391 e. The van der Waals surface area contributed by atoms with Gasteiger partial charge in [-0.3, -0.25) is 62.3 Å². The van der Waals surface area contributed by atoms with Crippen molar-refractivity contribution in [2.24, 2.45) is 23.7 Å². The predicted octanol–water partition coefficient (Wildman–Crippen LogP) is 2.46. The average Bonchev–Trinajstić information content (AvgIpc) is 0.838. The maximum Gasteiger partial charge on any atom is 0.248 e. The lowest BCUT2D eigenvalue weighted by molar-refractivity contribution is -0.150. The van der Waals surface area contributed by atoms with Crippen LogP contribution in [0.3, 0.4) is 0 Å². The maximum atomic E-state index is 15.6. The molecule has 13 amide bonds. The lowest BCUT2D eigenvalue weighted by atomic mass is 9.96. The summed E-state index contributed by atoms with van der Waals surface area (Å²) in [6.45, 7) is 18.5. The Balaban J connectivity index is 1.68. The quantitative estimate of drug-likeness (QED) is 0.0963. The van der Waals surface area contributed by atoms with Gasteiger partial charge in [0.05, 0.1) is 19.1 Å². The van der Waals surface area contributed by atoms with Crippen molar-refractivity contribution in [3.63, 3.8) is 0 Å².